The van der Waals surface area contributed by atoms with Crippen molar-refractivity contribution >= 4 is 5.97 Å². The lowest BCUT2D eigenvalue weighted by molar-refractivity contribution is -0.274. The van der Waals surface area contributed by atoms with Crippen LogP contribution in [-0.2, 0) is 10.9 Å². The van der Waals surface area contributed by atoms with Gasteiger partial charge in [-0.25, -0.2) is 4.79 Å². The number of hydrogen-bond donors (Lipinski definition) is 0. The van der Waals surface area contributed by atoms with Crippen LogP contribution in [0.5, 0.6) is 5.75 Å². The molecule has 0 bridgehead atoms. The lowest BCUT2D eigenvalue weighted by Crippen LogP contribution is -2.22. The molecule has 0 aliphatic carbocycles. The second kappa shape index (κ2) is 5.59. The minimum Gasteiger partial charge on any atom is -0.462 e. The molecule has 0 spiro atoms. The maximum Gasteiger partial charge on any atom is 0.573 e. The lowest BCUT2D eigenvalue weighted by Gasteiger charge is -2.17. The van der Waals surface area contributed by atoms with Crippen LogP contribution in [0.25, 0.3) is 0 Å². The molecule has 0 saturated carbocycles. The first-order valence-corrected chi connectivity index (χ1v) is 5.19. The van der Waals surface area contributed by atoms with Crippen molar-refractivity contribution in [2.45, 2.75) is 19.5 Å². The molecular weight excluding hydrogens is 294 g/mol. The monoisotopic (exact) mass is 302 g/mol. The average molecular weight is 302 g/mol. The van der Waals surface area contributed by atoms with Crippen LogP contribution in [0, 0.1) is 0 Å². The van der Waals surface area contributed by atoms with Gasteiger partial charge in [0, 0.05) is 0 Å². The molecule has 1 rings (SSSR count). The summed E-state index contributed by atoms with van der Waals surface area (Å²) in [5.74, 6) is -2.80. The van der Waals surface area contributed by atoms with Crippen LogP contribution in [0.3, 0.4) is 0 Å². The van der Waals surface area contributed by atoms with E-state index < -0.39 is 35.4 Å². The van der Waals surface area contributed by atoms with Crippen molar-refractivity contribution in [2.24, 2.45) is 0 Å². The van der Waals surface area contributed by atoms with Gasteiger partial charge in [-0.1, -0.05) is 6.07 Å². The third-order valence-corrected chi connectivity index (χ3v) is 2.04. The fourth-order valence-electron chi connectivity index (χ4n) is 1.39. The molecule has 0 heterocycles. The molecule has 0 radical (unpaired) electrons. The van der Waals surface area contributed by atoms with E-state index in [0.717, 1.165) is 0 Å². The molecule has 20 heavy (non-hydrogen) atoms. The van der Waals surface area contributed by atoms with Gasteiger partial charge in [-0.05, 0) is 19.1 Å². The van der Waals surface area contributed by atoms with E-state index in [9.17, 15) is 31.1 Å². The average Bonchev–Trinajstić information content (AvgIpc) is 2.25. The number of halogens is 6. The van der Waals surface area contributed by atoms with Crippen LogP contribution in [0.2, 0.25) is 0 Å². The van der Waals surface area contributed by atoms with Crippen LogP contribution < -0.4 is 4.74 Å². The van der Waals surface area contributed by atoms with E-state index in [2.05, 4.69) is 9.47 Å². The van der Waals surface area contributed by atoms with Gasteiger partial charge in [-0.3, -0.25) is 0 Å². The first-order valence-electron chi connectivity index (χ1n) is 5.19. The predicted octanol–water partition coefficient (Wildman–Crippen LogP) is 3.78. The van der Waals surface area contributed by atoms with E-state index >= 15 is 0 Å². The summed E-state index contributed by atoms with van der Waals surface area (Å²) in [6, 6.07) is 1.77. The molecule has 0 aromatic heterocycles. The first kappa shape index (κ1) is 16.1. The van der Waals surface area contributed by atoms with Gasteiger partial charge in [-0.2, -0.15) is 13.2 Å². The summed E-state index contributed by atoms with van der Waals surface area (Å²) in [6.07, 6.45) is -10.3. The Labute approximate surface area is 109 Å². The summed E-state index contributed by atoms with van der Waals surface area (Å²) in [7, 11) is 0. The van der Waals surface area contributed by atoms with Crippen LogP contribution in [0.1, 0.15) is 22.8 Å². The van der Waals surface area contributed by atoms with Crippen molar-refractivity contribution in [1.29, 1.82) is 0 Å². The van der Waals surface area contributed by atoms with Gasteiger partial charge in [-0.15, -0.1) is 13.2 Å². The lowest BCUT2D eigenvalue weighted by atomic mass is 10.1. The number of carbonyl (C=O) groups is 1. The van der Waals surface area contributed by atoms with E-state index in [1.54, 1.807) is 0 Å². The summed E-state index contributed by atoms with van der Waals surface area (Å²) in [5.41, 5.74) is -2.86. The normalized spacial score (nSPS) is 12.2. The molecule has 0 amide bonds. The zero-order valence-electron chi connectivity index (χ0n) is 9.93. The number of hydrogen-bond acceptors (Lipinski definition) is 3. The summed E-state index contributed by atoms with van der Waals surface area (Å²) in [6.45, 7) is 1.01. The highest BCUT2D eigenvalue weighted by molar-refractivity contribution is 5.94. The minimum atomic E-state index is -5.23. The van der Waals surface area contributed by atoms with Crippen LogP contribution in [0.4, 0.5) is 26.3 Å². The van der Waals surface area contributed by atoms with Crippen molar-refractivity contribution in [3.8, 4) is 5.75 Å². The third-order valence-electron chi connectivity index (χ3n) is 2.04. The standard InChI is InChI=1S/C11H8F6O3/c1-2-19-9(18)8-6(10(12,13)14)4-3-5-7(8)20-11(15,16)17/h3-5H,2H2,1H3. The highest BCUT2D eigenvalue weighted by Crippen LogP contribution is 2.38. The molecule has 3 nitrogen and oxygen atoms in total. The van der Waals surface area contributed by atoms with Crippen LogP contribution in [0.15, 0.2) is 18.2 Å². The second-order valence-corrected chi connectivity index (χ2v) is 3.44. The van der Waals surface area contributed by atoms with Gasteiger partial charge in [0.05, 0.1) is 12.2 Å². The molecule has 1 aromatic rings. The van der Waals surface area contributed by atoms with Gasteiger partial charge < -0.3 is 9.47 Å². The smallest absolute Gasteiger partial charge is 0.462 e. The summed E-state index contributed by atoms with van der Waals surface area (Å²) < 4.78 is 82.3. The molecular formula is C11H8F6O3. The Morgan fingerprint density at radius 2 is 1.75 bits per heavy atom. The summed E-state index contributed by atoms with van der Waals surface area (Å²) in [5, 5.41) is 0. The third kappa shape index (κ3) is 4.04. The quantitative estimate of drug-likeness (QED) is 0.629. The summed E-state index contributed by atoms with van der Waals surface area (Å²) >= 11 is 0. The molecule has 0 unspecified atom stereocenters. The first-order chi connectivity index (χ1) is 9.06. The molecule has 0 aliphatic heterocycles. The van der Waals surface area contributed by atoms with Crippen LogP contribution in [-0.4, -0.2) is 18.9 Å². The van der Waals surface area contributed by atoms with E-state index in [1.165, 1.54) is 6.92 Å². The second-order valence-electron chi connectivity index (χ2n) is 3.44. The van der Waals surface area contributed by atoms with Gasteiger partial charge in [0.2, 0.25) is 0 Å². The minimum absolute atomic E-state index is 0.295. The van der Waals surface area contributed by atoms with Gasteiger partial charge in [0.1, 0.15) is 11.3 Å². The predicted molar refractivity (Wildman–Crippen MR) is 54.1 cm³/mol. The molecule has 0 fully saturated rings. The van der Waals surface area contributed by atoms with E-state index in [-0.39, 0.29) is 6.61 Å². The van der Waals surface area contributed by atoms with E-state index in [0.29, 0.717) is 18.2 Å². The Kier molecular flexibility index (Phi) is 4.51. The number of ether oxygens (including phenoxy) is 2. The Hall–Kier alpha value is -1.93. The van der Waals surface area contributed by atoms with Gasteiger partial charge in [0.25, 0.3) is 0 Å². The molecule has 0 aliphatic rings. The maximum atomic E-state index is 12.7. The van der Waals surface area contributed by atoms with Gasteiger partial charge >= 0.3 is 18.5 Å². The zero-order valence-corrected chi connectivity index (χ0v) is 9.93. The topological polar surface area (TPSA) is 35.5 Å². The SMILES string of the molecule is CCOC(=O)c1c(OC(F)(F)F)cccc1C(F)(F)F. The molecule has 9 heteroatoms. The Bertz CT molecular complexity index is 492. The Morgan fingerprint density at radius 1 is 1.15 bits per heavy atom. The van der Waals surface area contributed by atoms with E-state index in [4.69, 9.17) is 0 Å². The number of carbonyl (C=O) groups excluding carboxylic acids is 1. The largest absolute Gasteiger partial charge is 0.573 e. The molecule has 0 saturated heterocycles. The molecule has 0 N–H and O–H groups in total. The number of alkyl halides is 6. The fourth-order valence-corrected chi connectivity index (χ4v) is 1.39. The van der Waals surface area contributed by atoms with Gasteiger partial charge in [0.15, 0.2) is 0 Å². The maximum absolute atomic E-state index is 12.7. The number of benzene rings is 1. The van der Waals surface area contributed by atoms with Crippen molar-refractivity contribution in [3.63, 3.8) is 0 Å². The summed E-state index contributed by atoms with van der Waals surface area (Å²) in [4.78, 5) is 11.4. The molecule has 0 atom stereocenters. The molecule has 1 aromatic carbocycles. The Balaban J connectivity index is 3.41. The fraction of sp³-hybridized carbons (Fsp3) is 0.364. The Morgan fingerprint density at radius 3 is 2.20 bits per heavy atom. The number of rotatable bonds is 3. The van der Waals surface area contributed by atoms with E-state index in [1.807, 2.05) is 0 Å². The number of esters is 1. The van der Waals surface area contributed by atoms with Crippen molar-refractivity contribution < 1.29 is 40.6 Å². The zero-order chi connectivity index (χ0) is 15.6. The molecule has 112 valence electrons. The highest BCUT2D eigenvalue weighted by atomic mass is 19.4. The van der Waals surface area contributed by atoms with Crippen molar-refractivity contribution in [3.05, 3.63) is 29.3 Å². The van der Waals surface area contributed by atoms with Crippen LogP contribution >= 0.6 is 0 Å². The highest BCUT2D eigenvalue weighted by Gasteiger charge is 2.40. The van der Waals surface area contributed by atoms with Crippen molar-refractivity contribution in [2.75, 3.05) is 6.61 Å². The van der Waals surface area contributed by atoms with Crippen molar-refractivity contribution in [1.82, 2.24) is 0 Å².